The Labute approximate surface area is 171 Å². The Balaban J connectivity index is 1.48. The number of fused-ring (bicyclic) bond motifs is 6. The monoisotopic (exact) mass is 394 g/mol. The van der Waals surface area contributed by atoms with E-state index in [1.807, 2.05) is 6.07 Å². The van der Waals surface area contributed by atoms with Gasteiger partial charge < -0.3 is 19.7 Å². The Hall–Kier alpha value is -2.27. The van der Waals surface area contributed by atoms with E-state index in [9.17, 15) is 0 Å². The van der Waals surface area contributed by atoms with Crippen molar-refractivity contribution in [1.29, 1.82) is 0 Å². The molecule has 1 saturated heterocycles. The lowest BCUT2D eigenvalue weighted by Crippen LogP contribution is -2.50. The number of benzene rings is 2. The first-order chi connectivity index (χ1) is 13.4. The Bertz CT molecular complexity index is 950. The number of ether oxygens (including phenoxy) is 2. The number of nitrogens with zero attached hydrogens (tertiary/aromatic N) is 1. The van der Waals surface area contributed by atoms with Crippen molar-refractivity contribution in [1.82, 2.24) is 10.2 Å². The molecule has 4 nitrogen and oxygen atoms in total. The number of thiocarbonyl (C=S) groups is 1. The second-order valence-corrected chi connectivity index (χ2v) is 9.41. The van der Waals surface area contributed by atoms with Crippen LogP contribution in [0.1, 0.15) is 56.7 Å². The van der Waals surface area contributed by atoms with Crippen LogP contribution in [0, 0.1) is 0 Å². The molecule has 0 unspecified atom stereocenters. The van der Waals surface area contributed by atoms with Gasteiger partial charge in [0.2, 0.25) is 6.79 Å². The summed E-state index contributed by atoms with van der Waals surface area (Å²) >= 11 is 5.78. The lowest BCUT2D eigenvalue weighted by Gasteiger charge is -2.38. The lowest BCUT2D eigenvalue weighted by molar-refractivity contribution is 0.174. The van der Waals surface area contributed by atoms with Crippen LogP contribution in [0.2, 0.25) is 0 Å². The molecule has 2 aliphatic heterocycles. The molecule has 0 saturated carbocycles. The topological polar surface area (TPSA) is 33.7 Å². The van der Waals surface area contributed by atoms with E-state index in [4.69, 9.17) is 21.7 Å². The smallest absolute Gasteiger partial charge is 0.231 e. The Morgan fingerprint density at radius 3 is 2.61 bits per heavy atom. The van der Waals surface area contributed by atoms with Crippen LogP contribution in [0.15, 0.2) is 36.4 Å². The van der Waals surface area contributed by atoms with Crippen molar-refractivity contribution in [3.05, 3.63) is 47.5 Å². The van der Waals surface area contributed by atoms with Gasteiger partial charge in [-0.2, -0.15) is 0 Å². The molecule has 2 atom stereocenters. The van der Waals surface area contributed by atoms with Crippen LogP contribution in [-0.4, -0.2) is 28.9 Å². The average molecular weight is 395 g/mol. The normalized spacial score (nSPS) is 22.2. The van der Waals surface area contributed by atoms with E-state index in [0.717, 1.165) is 35.1 Å². The van der Waals surface area contributed by atoms with E-state index in [2.05, 4.69) is 61.3 Å². The molecule has 0 aromatic heterocycles. The molecule has 2 aromatic rings. The third-order valence-electron chi connectivity index (χ3n) is 5.94. The third-order valence-corrected chi connectivity index (χ3v) is 6.27. The number of nitrogens with one attached hydrogen (secondary N) is 1. The highest BCUT2D eigenvalue weighted by Crippen LogP contribution is 2.50. The van der Waals surface area contributed by atoms with Gasteiger partial charge in [0.25, 0.3) is 0 Å². The summed E-state index contributed by atoms with van der Waals surface area (Å²) in [6.07, 6.45) is 2.32. The molecule has 2 heterocycles. The minimum atomic E-state index is -0.0241. The van der Waals surface area contributed by atoms with Gasteiger partial charge in [0.1, 0.15) is 0 Å². The zero-order valence-electron chi connectivity index (χ0n) is 16.6. The van der Waals surface area contributed by atoms with Gasteiger partial charge in [-0.1, -0.05) is 18.2 Å². The molecule has 0 amide bonds. The SMILES string of the molecule is CC(C)(C)NC(=S)N1CC[C@@H]2C[C@@H]1c1cc(-c3ccc4c(c3)OCO4)ccc12. The molecule has 5 heteroatoms. The molecule has 5 rings (SSSR count). The highest BCUT2D eigenvalue weighted by atomic mass is 32.1. The number of piperidine rings is 1. The van der Waals surface area contributed by atoms with E-state index in [1.54, 1.807) is 0 Å². The minimum absolute atomic E-state index is 0.0241. The van der Waals surface area contributed by atoms with Gasteiger partial charge in [-0.05, 0) is 92.2 Å². The maximum atomic E-state index is 5.78. The highest BCUT2D eigenvalue weighted by molar-refractivity contribution is 7.80. The van der Waals surface area contributed by atoms with E-state index < -0.39 is 0 Å². The Morgan fingerprint density at radius 1 is 1.04 bits per heavy atom. The summed E-state index contributed by atoms with van der Waals surface area (Å²) in [5.41, 5.74) is 5.28. The molecule has 1 fully saturated rings. The minimum Gasteiger partial charge on any atom is -0.454 e. The number of hydrogen-bond donors (Lipinski definition) is 1. The molecule has 0 spiro atoms. The summed E-state index contributed by atoms with van der Waals surface area (Å²) in [6.45, 7) is 7.80. The maximum absolute atomic E-state index is 5.78. The summed E-state index contributed by atoms with van der Waals surface area (Å²) in [5.74, 6) is 2.30. The summed E-state index contributed by atoms with van der Waals surface area (Å²) in [5, 5.41) is 4.38. The summed E-state index contributed by atoms with van der Waals surface area (Å²) < 4.78 is 11.0. The van der Waals surface area contributed by atoms with Crippen molar-refractivity contribution in [2.24, 2.45) is 0 Å². The molecule has 0 radical (unpaired) electrons. The van der Waals surface area contributed by atoms with Crippen molar-refractivity contribution in [3.63, 3.8) is 0 Å². The van der Waals surface area contributed by atoms with Crippen LogP contribution in [0.4, 0.5) is 0 Å². The van der Waals surface area contributed by atoms with Crippen LogP contribution in [0.25, 0.3) is 11.1 Å². The highest BCUT2D eigenvalue weighted by Gasteiger charge is 2.40. The maximum Gasteiger partial charge on any atom is 0.231 e. The van der Waals surface area contributed by atoms with Crippen molar-refractivity contribution >= 4 is 17.3 Å². The van der Waals surface area contributed by atoms with Gasteiger partial charge in [0.05, 0.1) is 6.04 Å². The first kappa shape index (κ1) is 17.8. The first-order valence-corrected chi connectivity index (χ1v) is 10.4. The zero-order valence-corrected chi connectivity index (χ0v) is 17.4. The fourth-order valence-corrected chi connectivity index (χ4v) is 5.19. The molecular weight excluding hydrogens is 368 g/mol. The Morgan fingerprint density at radius 2 is 1.79 bits per heavy atom. The van der Waals surface area contributed by atoms with Gasteiger partial charge in [-0.15, -0.1) is 0 Å². The predicted octanol–water partition coefficient (Wildman–Crippen LogP) is 4.99. The van der Waals surface area contributed by atoms with Gasteiger partial charge in [-0.3, -0.25) is 0 Å². The molecule has 1 N–H and O–H groups in total. The van der Waals surface area contributed by atoms with Crippen molar-refractivity contribution in [3.8, 4) is 22.6 Å². The molecule has 2 aromatic carbocycles. The molecular formula is C23H26N2O2S. The van der Waals surface area contributed by atoms with E-state index in [-0.39, 0.29) is 5.54 Å². The summed E-state index contributed by atoms with van der Waals surface area (Å²) in [7, 11) is 0. The standard InChI is InChI=1S/C23H26N2O2S/c1-23(2,3)24-22(28)25-9-8-16-11-19(25)18-10-14(4-6-17(16)18)15-5-7-20-21(12-15)27-13-26-20/h4-7,10,12,16,19H,8-9,11,13H2,1-3H3,(H,24,28)/t16-,19-/m1/s1. The van der Waals surface area contributed by atoms with Crippen LogP contribution in [-0.2, 0) is 0 Å². The summed E-state index contributed by atoms with van der Waals surface area (Å²) in [6, 6.07) is 13.5. The average Bonchev–Trinajstić information content (AvgIpc) is 3.23. The zero-order chi connectivity index (χ0) is 19.5. The van der Waals surface area contributed by atoms with E-state index in [0.29, 0.717) is 18.8 Å². The second kappa shape index (κ2) is 6.38. The van der Waals surface area contributed by atoms with E-state index in [1.165, 1.54) is 23.1 Å². The lowest BCUT2D eigenvalue weighted by atomic mass is 9.95. The number of likely N-dealkylation sites (tertiary alicyclic amines) is 1. The van der Waals surface area contributed by atoms with Gasteiger partial charge in [0, 0.05) is 12.1 Å². The van der Waals surface area contributed by atoms with Crippen LogP contribution < -0.4 is 14.8 Å². The van der Waals surface area contributed by atoms with Crippen LogP contribution in [0.3, 0.4) is 0 Å². The quantitative estimate of drug-likeness (QED) is 0.689. The van der Waals surface area contributed by atoms with Crippen molar-refractivity contribution in [2.75, 3.05) is 13.3 Å². The van der Waals surface area contributed by atoms with E-state index >= 15 is 0 Å². The molecule has 28 heavy (non-hydrogen) atoms. The summed E-state index contributed by atoms with van der Waals surface area (Å²) in [4.78, 5) is 2.40. The molecule has 2 bridgehead atoms. The van der Waals surface area contributed by atoms with Crippen molar-refractivity contribution in [2.45, 2.75) is 51.1 Å². The largest absolute Gasteiger partial charge is 0.454 e. The molecule has 3 aliphatic rings. The van der Waals surface area contributed by atoms with Crippen LogP contribution >= 0.6 is 12.2 Å². The molecule has 1 aliphatic carbocycles. The number of rotatable bonds is 1. The van der Waals surface area contributed by atoms with Crippen molar-refractivity contribution < 1.29 is 9.47 Å². The predicted molar refractivity (Wildman–Crippen MR) is 115 cm³/mol. The van der Waals surface area contributed by atoms with Crippen LogP contribution in [0.5, 0.6) is 11.5 Å². The number of hydrogen-bond acceptors (Lipinski definition) is 3. The fourth-order valence-electron chi connectivity index (χ4n) is 4.67. The van der Waals surface area contributed by atoms with Gasteiger partial charge >= 0.3 is 0 Å². The van der Waals surface area contributed by atoms with Gasteiger partial charge in [0.15, 0.2) is 16.6 Å². The fraction of sp³-hybridized carbons (Fsp3) is 0.435. The second-order valence-electron chi connectivity index (χ2n) is 9.02. The third kappa shape index (κ3) is 3.02. The van der Waals surface area contributed by atoms with Gasteiger partial charge in [-0.25, -0.2) is 0 Å². The Kier molecular flexibility index (Phi) is 4.05. The molecule has 146 valence electrons. The first-order valence-electron chi connectivity index (χ1n) is 10.0.